The number of hydrogen-bond donors (Lipinski definition) is 1. The first-order chi connectivity index (χ1) is 12.6. The minimum atomic E-state index is -0.415. The number of nitrogens with one attached hydrogen (secondary N) is 1. The van der Waals surface area contributed by atoms with Gasteiger partial charge in [-0.15, -0.1) is 11.8 Å². The molecule has 0 bridgehead atoms. The van der Waals surface area contributed by atoms with Crippen LogP contribution in [0.2, 0.25) is 5.02 Å². The SMILES string of the molecule is CCCNC(=O)C1CSC(C2CCCCC2)N1C(=O)c1ccccc1Cl. The molecular weight excluding hydrogens is 368 g/mol. The summed E-state index contributed by atoms with van der Waals surface area (Å²) in [6, 6.07) is 6.72. The molecule has 3 rings (SSSR count). The van der Waals surface area contributed by atoms with E-state index in [1.54, 1.807) is 23.9 Å². The summed E-state index contributed by atoms with van der Waals surface area (Å²) in [6.07, 6.45) is 6.84. The van der Waals surface area contributed by atoms with Gasteiger partial charge in [0.25, 0.3) is 5.91 Å². The van der Waals surface area contributed by atoms with Gasteiger partial charge in [0.05, 0.1) is 16.0 Å². The molecule has 1 aliphatic carbocycles. The summed E-state index contributed by atoms with van der Waals surface area (Å²) in [5.74, 6) is 0.961. The third-order valence-electron chi connectivity index (χ3n) is 5.28. The normalized spacial score (nSPS) is 23.8. The topological polar surface area (TPSA) is 49.4 Å². The number of carbonyl (C=O) groups is 2. The lowest BCUT2D eigenvalue weighted by atomic mass is 9.88. The van der Waals surface area contributed by atoms with Gasteiger partial charge >= 0.3 is 0 Å². The van der Waals surface area contributed by atoms with Crippen molar-refractivity contribution in [1.29, 1.82) is 0 Å². The number of nitrogens with zero attached hydrogens (tertiary/aromatic N) is 1. The summed E-state index contributed by atoms with van der Waals surface area (Å²) in [7, 11) is 0. The molecule has 1 saturated carbocycles. The first kappa shape index (κ1) is 19.6. The second-order valence-electron chi connectivity index (χ2n) is 7.12. The Bertz CT molecular complexity index is 648. The fourth-order valence-electron chi connectivity index (χ4n) is 3.91. The highest BCUT2D eigenvalue weighted by molar-refractivity contribution is 8.00. The molecule has 1 aliphatic heterocycles. The van der Waals surface area contributed by atoms with Gasteiger partial charge in [-0.1, -0.05) is 49.9 Å². The number of rotatable bonds is 5. The molecule has 1 N–H and O–H groups in total. The van der Waals surface area contributed by atoms with Gasteiger partial charge in [0.2, 0.25) is 5.91 Å². The zero-order chi connectivity index (χ0) is 18.5. The fourth-order valence-corrected chi connectivity index (χ4v) is 5.76. The van der Waals surface area contributed by atoms with Crippen molar-refractivity contribution >= 4 is 35.2 Å². The lowest BCUT2D eigenvalue weighted by Crippen LogP contribution is -2.51. The molecule has 4 nitrogen and oxygen atoms in total. The Hall–Kier alpha value is -1.20. The van der Waals surface area contributed by atoms with E-state index in [0.29, 0.717) is 28.8 Å². The smallest absolute Gasteiger partial charge is 0.256 e. The third-order valence-corrected chi connectivity index (χ3v) is 7.07. The van der Waals surface area contributed by atoms with Crippen LogP contribution >= 0.6 is 23.4 Å². The molecule has 2 atom stereocenters. The number of carbonyl (C=O) groups excluding carboxylic acids is 2. The number of hydrogen-bond acceptors (Lipinski definition) is 3. The minimum Gasteiger partial charge on any atom is -0.354 e. The number of benzene rings is 1. The highest BCUT2D eigenvalue weighted by atomic mass is 35.5. The Morgan fingerprint density at radius 1 is 1.23 bits per heavy atom. The maximum absolute atomic E-state index is 13.4. The van der Waals surface area contributed by atoms with Crippen molar-refractivity contribution in [3.8, 4) is 0 Å². The molecule has 1 heterocycles. The van der Waals surface area contributed by atoms with Gasteiger partial charge in [0.15, 0.2) is 0 Å². The van der Waals surface area contributed by atoms with E-state index in [4.69, 9.17) is 11.6 Å². The van der Waals surface area contributed by atoms with Gasteiger partial charge in [-0.25, -0.2) is 0 Å². The summed E-state index contributed by atoms with van der Waals surface area (Å²) in [5.41, 5.74) is 0.491. The average molecular weight is 395 g/mol. The fraction of sp³-hybridized carbons (Fsp3) is 0.600. The van der Waals surface area contributed by atoms with E-state index >= 15 is 0 Å². The van der Waals surface area contributed by atoms with Crippen molar-refractivity contribution in [3.05, 3.63) is 34.9 Å². The Morgan fingerprint density at radius 2 is 1.96 bits per heavy atom. The standard InChI is InChI=1S/C20H27ClN2O2S/c1-2-12-22-18(24)17-13-26-20(14-8-4-3-5-9-14)23(17)19(25)15-10-6-7-11-16(15)21/h6-7,10-11,14,17,20H,2-5,8-9,12-13H2,1H3,(H,22,24). The molecule has 2 unspecified atom stereocenters. The zero-order valence-electron chi connectivity index (χ0n) is 15.2. The van der Waals surface area contributed by atoms with Crippen LogP contribution in [0.4, 0.5) is 0 Å². The zero-order valence-corrected chi connectivity index (χ0v) is 16.8. The van der Waals surface area contributed by atoms with E-state index in [9.17, 15) is 9.59 Å². The maximum Gasteiger partial charge on any atom is 0.256 e. The van der Waals surface area contributed by atoms with E-state index < -0.39 is 6.04 Å². The summed E-state index contributed by atoms with van der Waals surface area (Å²) in [6.45, 7) is 2.67. The molecular formula is C20H27ClN2O2S. The summed E-state index contributed by atoms with van der Waals surface area (Å²) < 4.78 is 0. The molecule has 1 aromatic carbocycles. The Balaban J connectivity index is 1.87. The van der Waals surface area contributed by atoms with Crippen LogP contribution in [0.1, 0.15) is 55.8 Å². The van der Waals surface area contributed by atoms with E-state index in [0.717, 1.165) is 19.3 Å². The number of thioether (sulfide) groups is 1. The van der Waals surface area contributed by atoms with Crippen LogP contribution in [-0.2, 0) is 4.79 Å². The van der Waals surface area contributed by atoms with E-state index in [1.807, 2.05) is 24.0 Å². The Labute approximate surface area is 165 Å². The highest BCUT2D eigenvalue weighted by Gasteiger charge is 2.45. The number of amides is 2. The molecule has 2 fully saturated rings. The van der Waals surface area contributed by atoms with Crippen molar-refractivity contribution in [1.82, 2.24) is 10.2 Å². The highest BCUT2D eigenvalue weighted by Crippen LogP contribution is 2.41. The maximum atomic E-state index is 13.4. The average Bonchev–Trinajstić information content (AvgIpc) is 3.12. The Morgan fingerprint density at radius 3 is 2.65 bits per heavy atom. The first-order valence-corrected chi connectivity index (χ1v) is 11.0. The van der Waals surface area contributed by atoms with Crippen molar-refractivity contribution < 1.29 is 9.59 Å². The monoisotopic (exact) mass is 394 g/mol. The van der Waals surface area contributed by atoms with Gasteiger partial charge in [-0.05, 0) is 37.3 Å². The molecule has 1 saturated heterocycles. The van der Waals surface area contributed by atoms with Gasteiger partial charge < -0.3 is 10.2 Å². The van der Waals surface area contributed by atoms with Gasteiger partial charge in [-0.2, -0.15) is 0 Å². The molecule has 1 aromatic rings. The molecule has 142 valence electrons. The van der Waals surface area contributed by atoms with Gasteiger partial charge in [0, 0.05) is 12.3 Å². The van der Waals surface area contributed by atoms with E-state index in [1.165, 1.54) is 19.3 Å². The van der Waals surface area contributed by atoms with Crippen LogP contribution in [0.5, 0.6) is 0 Å². The van der Waals surface area contributed by atoms with Crippen LogP contribution in [0.3, 0.4) is 0 Å². The summed E-state index contributed by atoms with van der Waals surface area (Å²) >= 11 is 8.04. The van der Waals surface area contributed by atoms with Gasteiger partial charge in [-0.3, -0.25) is 9.59 Å². The molecule has 26 heavy (non-hydrogen) atoms. The second-order valence-corrected chi connectivity index (χ2v) is 8.68. The van der Waals surface area contributed by atoms with Crippen LogP contribution in [0.25, 0.3) is 0 Å². The molecule has 2 amide bonds. The third kappa shape index (κ3) is 4.20. The second kappa shape index (κ2) is 9.14. The van der Waals surface area contributed by atoms with E-state index in [2.05, 4.69) is 5.32 Å². The molecule has 2 aliphatic rings. The predicted octanol–water partition coefficient (Wildman–Crippen LogP) is 4.33. The first-order valence-electron chi connectivity index (χ1n) is 9.60. The molecule has 0 aromatic heterocycles. The van der Waals surface area contributed by atoms with Crippen LogP contribution in [-0.4, -0.2) is 40.4 Å². The molecule has 6 heteroatoms. The summed E-state index contributed by atoms with van der Waals surface area (Å²) in [4.78, 5) is 27.9. The number of halogens is 1. The van der Waals surface area contributed by atoms with Gasteiger partial charge in [0.1, 0.15) is 6.04 Å². The lowest BCUT2D eigenvalue weighted by molar-refractivity contribution is -0.125. The van der Waals surface area contributed by atoms with Crippen LogP contribution in [0, 0.1) is 5.92 Å². The quantitative estimate of drug-likeness (QED) is 0.808. The largest absolute Gasteiger partial charge is 0.354 e. The lowest BCUT2D eigenvalue weighted by Gasteiger charge is -2.35. The van der Waals surface area contributed by atoms with Crippen molar-refractivity contribution in [3.63, 3.8) is 0 Å². The van der Waals surface area contributed by atoms with Crippen LogP contribution < -0.4 is 5.32 Å². The molecule has 0 spiro atoms. The molecule has 0 radical (unpaired) electrons. The van der Waals surface area contributed by atoms with Crippen molar-refractivity contribution in [2.75, 3.05) is 12.3 Å². The Kier molecular flexibility index (Phi) is 6.87. The summed E-state index contributed by atoms with van der Waals surface area (Å²) in [5, 5.41) is 3.48. The predicted molar refractivity (Wildman–Crippen MR) is 108 cm³/mol. The van der Waals surface area contributed by atoms with Crippen molar-refractivity contribution in [2.45, 2.75) is 56.9 Å². The van der Waals surface area contributed by atoms with E-state index in [-0.39, 0.29) is 17.2 Å². The van der Waals surface area contributed by atoms with Crippen LogP contribution in [0.15, 0.2) is 24.3 Å². The van der Waals surface area contributed by atoms with Crippen molar-refractivity contribution in [2.24, 2.45) is 5.92 Å². The minimum absolute atomic E-state index is 0.0435.